The van der Waals surface area contributed by atoms with Gasteiger partial charge in [-0.25, -0.2) is 5.01 Å². The zero-order valence-corrected chi connectivity index (χ0v) is 21.2. The fourth-order valence-electron chi connectivity index (χ4n) is 4.75. The SMILES string of the molecule is CCC(=O)N1N=C(c2c(-c3ccccc3)c3cc(Cl)ccc3[nH]c2=O)CC1c1ccc(N(C)C)cc1. The van der Waals surface area contributed by atoms with Crippen LogP contribution in [0, 0.1) is 0 Å². The number of benzene rings is 3. The molecule has 182 valence electrons. The van der Waals surface area contributed by atoms with Crippen molar-refractivity contribution in [1.29, 1.82) is 0 Å². The van der Waals surface area contributed by atoms with Gasteiger partial charge in [0.05, 0.1) is 17.3 Å². The first-order chi connectivity index (χ1) is 17.4. The van der Waals surface area contributed by atoms with Crippen molar-refractivity contribution < 1.29 is 4.79 Å². The Hall–Kier alpha value is -3.90. The van der Waals surface area contributed by atoms with E-state index in [1.54, 1.807) is 6.07 Å². The number of aromatic amines is 1. The molecule has 1 unspecified atom stereocenters. The molecule has 1 atom stereocenters. The van der Waals surface area contributed by atoms with Crippen molar-refractivity contribution in [3.63, 3.8) is 0 Å². The average Bonchev–Trinajstić information content (AvgIpc) is 3.33. The number of fused-ring (bicyclic) bond motifs is 1. The zero-order chi connectivity index (χ0) is 25.4. The fraction of sp³-hybridized carbons (Fsp3) is 0.207. The van der Waals surface area contributed by atoms with Gasteiger partial charge in [-0.1, -0.05) is 61.0 Å². The summed E-state index contributed by atoms with van der Waals surface area (Å²) >= 11 is 6.37. The summed E-state index contributed by atoms with van der Waals surface area (Å²) in [7, 11) is 3.98. The molecule has 1 N–H and O–H groups in total. The number of anilines is 1. The number of pyridine rings is 1. The van der Waals surface area contributed by atoms with Gasteiger partial charge in [-0.05, 0) is 41.5 Å². The highest BCUT2D eigenvalue weighted by molar-refractivity contribution is 6.31. The predicted molar refractivity (Wildman–Crippen MR) is 147 cm³/mol. The number of halogens is 1. The van der Waals surface area contributed by atoms with E-state index in [2.05, 4.69) is 4.98 Å². The molecule has 36 heavy (non-hydrogen) atoms. The maximum absolute atomic E-state index is 13.5. The van der Waals surface area contributed by atoms with Crippen molar-refractivity contribution in [3.8, 4) is 11.1 Å². The summed E-state index contributed by atoms with van der Waals surface area (Å²) in [5, 5.41) is 7.70. The van der Waals surface area contributed by atoms with Gasteiger partial charge in [0.15, 0.2) is 0 Å². The van der Waals surface area contributed by atoms with Crippen molar-refractivity contribution in [2.75, 3.05) is 19.0 Å². The van der Waals surface area contributed by atoms with Crippen LogP contribution in [0.5, 0.6) is 0 Å². The molecule has 1 aliphatic heterocycles. The van der Waals surface area contributed by atoms with E-state index in [0.717, 1.165) is 27.8 Å². The van der Waals surface area contributed by atoms with E-state index in [0.29, 0.717) is 34.7 Å². The van der Waals surface area contributed by atoms with Crippen molar-refractivity contribution in [2.24, 2.45) is 5.10 Å². The van der Waals surface area contributed by atoms with E-state index in [9.17, 15) is 9.59 Å². The lowest BCUT2D eigenvalue weighted by atomic mass is 9.91. The summed E-state index contributed by atoms with van der Waals surface area (Å²) in [5.74, 6) is -0.0896. The molecule has 0 spiro atoms. The summed E-state index contributed by atoms with van der Waals surface area (Å²) in [6.45, 7) is 1.82. The van der Waals surface area contributed by atoms with Crippen LogP contribution in [-0.2, 0) is 4.79 Å². The van der Waals surface area contributed by atoms with E-state index in [-0.39, 0.29) is 17.5 Å². The second-order valence-electron chi connectivity index (χ2n) is 9.10. The van der Waals surface area contributed by atoms with Gasteiger partial charge in [-0.15, -0.1) is 0 Å². The molecule has 4 aromatic rings. The number of aromatic nitrogens is 1. The van der Waals surface area contributed by atoms with Gasteiger partial charge in [-0.3, -0.25) is 9.59 Å². The Balaban J connectivity index is 1.69. The van der Waals surface area contributed by atoms with Gasteiger partial charge in [0.2, 0.25) is 5.91 Å². The Labute approximate surface area is 214 Å². The van der Waals surface area contributed by atoms with Gasteiger partial charge in [0.25, 0.3) is 5.56 Å². The molecule has 5 rings (SSSR count). The quantitative estimate of drug-likeness (QED) is 0.367. The normalized spacial score (nSPS) is 15.3. The Bertz CT molecular complexity index is 1530. The zero-order valence-electron chi connectivity index (χ0n) is 20.5. The smallest absolute Gasteiger partial charge is 0.258 e. The first kappa shape index (κ1) is 23.8. The third kappa shape index (κ3) is 4.29. The molecule has 2 heterocycles. The van der Waals surface area contributed by atoms with Gasteiger partial charge < -0.3 is 9.88 Å². The van der Waals surface area contributed by atoms with Crippen LogP contribution < -0.4 is 10.5 Å². The van der Waals surface area contributed by atoms with Crippen LogP contribution in [0.4, 0.5) is 5.69 Å². The number of nitrogens with zero attached hydrogens (tertiary/aromatic N) is 3. The van der Waals surface area contributed by atoms with E-state index < -0.39 is 0 Å². The predicted octanol–water partition coefficient (Wildman–Crippen LogP) is 6.00. The van der Waals surface area contributed by atoms with Crippen LogP contribution >= 0.6 is 11.6 Å². The second kappa shape index (κ2) is 9.63. The molecule has 6 nitrogen and oxygen atoms in total. The highest BCUT2D eigenvalue weighted by Crippen LogP contribution is 2.38. The standard InChI is InChI=1S/C29H27ClN4O2/c1-4-26(35)34-25(18-10-13-21(14-11-18)33(2)3)17-24(32-34)28-27(19-8-6-5-7-9-19)22-16-20(30)12-15-23(22)31-29(28)36/h5-16,25H,4,17H2,1-3H3,(H,31,36). The van der Waals surface area contributed by atoms with Gasteiger partial charge >= 0.3 is 0 Å². The number of hydrogen-bond donors (Lipinski definition) is 1. The average molecular weight is 499 g/mol. The van der Waals surface area contributed by atoms with E-state index in [4.69, 9.17) is 16.7 Å². The number of carbonyl (C=O) groups excluding carboxylic acids is 1. The number of rotatable bonds is 5. The molecule has 0 saturated carbocycles. The van der Waals surface area contributed by atoms with Crippen molar-refractivity contribution in [3.05, 3.63) is 99.3 Å². The summed E-state index contributed by atoms with van der Waals surface area (Å²) in [6.07, 6.45) is 0.750. The Morgan fingerprint density at radius 3 is 2.44 bits per heavy atom. The third-order valence-electron chi connectivity index (χ3n) is 6.59. The Kier molecular flexibility index (Phi) is 6.37. The first-order valence-corrected chi connectivity index (χ1v) is 12.3. The van der Waals surface area contributed by atoms with E-state index >= 15 is 0 Å². The van der Waals surface area contributed by atoms with Gasteiger partial charge in [0, 0.05) is 54.1 Å². The maximum Gasteiger partial charge on any atom is 0.258 e. The lowest BCUT2D eigenvalue weighted by molar-refractivity contribution is -0.132. The van der Waals surface area contributed by atoms with Crippen molar-refractivity contribution >= 4 is 39.8 Å². The maximum atomic E-state index is 13.5. The van der Waals surface area contributed by atoms with Crippen LogP contribution in [0.3, 0.4) is 0 Å². The van der Waals surface area contributed by atoms with Crippen molar-refractivity contribution in [1.82, 2.24) is 9.99 Å². The van der Waals surface area contributed by atoms with Crippen LogP contribution in [0.1, 0.15) is 36.9 Å². The largest absolute Gasteiger partial charge is 0.378 e. The monoisotopic (exact) mass is 498 g/mol. The minimum atomic E-state index is -0.290. The number of amides is 1. The summed E-state index contributed by atoms with van der Waals surface area (Å²) in [6, 6.07) is 23.0. The van der Waals surface area contributed by atoms with Crippen molar-refractivity contribution in [2.45, 2.75) is 25.8 Å². The Morgan fingerprint density at radius 1 is 1.06 bits per heavy atom. The minimum Gasteiger partial charge on any atom is -0.378 e. The van der Waals surface area contributed by atoms with Crippen LogP contribution in [-0.4, -0.2) is 35.7 Å². The Morgan fingerprint density at radius 2 is 1.78 bits per heavy atom. The van der Waals surface area contributed by atoms with Gasteiger partial charge in [0.1, 0.15) is 0 Å². The molecule has 0 bridgehead atoms. The number of hydrazone groups is 1. The number of hydrogen-bond acceptors (Lipinski definition) is 4. The number of carbonyl (C=O) groups is 1. The van der Waals surface area contributed by atoms with E-state index in [1.807, 2.05) is 92.6 Å². The molecule has 1 aliphatic rings. The topological polar surface area (TPSA) is 68.8 Å². The molecular formula is C29H27ClN4O2. The summed E-state index contributed by atoms with van der Waals surface area (Å²) in [4.78, 5) is 31.5. The van der Waals surface area contributed by atoms with Crippen LogP contribution in [0.2, 0.25) is 5.02 Å². The molecule has 0 radical (unpaired) electrons. The summed E-state index contributed by atoms with van der Waals surface area (Å²) in [5.41, 5.74) is 5.21. The summed E-state index contributed by atoms with van der Waals surface area (Å²) < 4.78 is 0. The lowest BCUT2D eigenvalue weighted by Gasteiger charge is -2.22. The fourth-order valence-corrected chi connectivity index (χ4v) is 4.92. The molecule has 1 aromatic heterocycles. The minimum absolute atomic E-state index is 0.0896. The lowest BCUT2D eigenvalue weighted by Crippen LogP contribution is -2.26. The molecule has 3 aromatic carbocycles. The van der Waals surface area contributed by atoms with E-state index in [1.165, 1.54) is 5.01 Å². The van der Waals surface area contributed by atoms with Crippen LogP contribution in [0.15, 0.2) is 82.7 Å². The third-order valence-corrected chi connectivity index (χ3v) is 6.82. The molecule has 0 saturated heterocycles. The molecule has 7 heteroatoms. The molecule has 0 fully saturated rings. The number of H-pyrrole nitrogens is 1. The molecule has 0 aliphatic carbocycles. The van der Waals surface area contributed by atoms with Gasteiger partial charge in [-0.2, -0.15) is 5.10 Å². The van der Waals surface area contributed by atoms with Crippen LogP contribution in [0.25, 0.3) is 22.0 Å². The highest BCUT2D eigenvalue weighted by Gasteiger charge is 2.34. The molecular weight excluding hydrogens is 472 g/mol. The number of nitrogens with one attached hydrogen (secondary N) is 1. The highest BCUT2D eigenvalue weighted by atomic mass is 35.5. The first-order valence-electron chi connectivity index (χ1n) is 12.0. The second-order valence-corrected chi connectivity index (χ2v) is 9.54. The molecule has 1 amide bonds.